The van der Waals surface area contributed by atoms with Crippen molar-refractivity contribution in [3.05, 3.63) is 88.1 Å². The summed E-state index contributed by atoms with van der Waals surface area (Å²) in [4.78, 5) is 88.0. The molecule has 4 aromatic carbocycles. The third-order valence-corrected chi connectivity index (χ3v) is 19.7. The molecule has 34 nitrogen and oxygen atoms in total. The first-order valence-electron chi connectivity index (χ1n) is 32.1. The normalized spacial score (nSPS) is 14.0. The van der Waals surface area contributed by atoms with Crippen molar-refractivity contribution < 1.29 is 74.3 Å². The van der Waals surface area contributed by atoms with E-state index >= 15 is 0 Å². The lowest BCUT2D eigenvalue weighted by Crippen LogP contribution is -2.38. The van der Waals surface area contributed by atoms with E-state index in [4.69, 9.17) is 54.1 Å². The molecule has 2 aliphatic rings. The van der Waals surface area contributed by atoms with Gasteiger partial charge in [-0.1, -0.05) is 46.9 Å². The summed E-state index contributed by atoms with van der Waals surface area (Å²) >= 11 is 1.90. The Bertz CT molecular complexity index is 4510. The molecule has 2 fully saturated rings. The summed E-state index contributed by atoms with van der Waals surface area (Å²) in [7, 11) is -6.58. The zero-order chi connectivity index (χ0) is 73.4. The maximum atomic E-state index is 14.3. The van der Waals surface area contributed by atoms with Crippen LogP contribution in [0, 0.1) is 0 Å². The lowest BCUT2D eigenvalue weighted by atomic mass is 10.0. The Morgan fingerprint density at radius 1 is 0.608 bits per heavy atom. The van der Waals surface area contributed by atoms with Crippen molar-refractivity contribution in [3.8, 4) is 11.5 Å². The molecule has 0 saturated carbocycles. The maximum absolute atomic E-state index is 14.3. The van der Waals surface area contributed by atoms with Crippen molar-refractivity contribution >= 4 is 158 Å². The number of aromatic nitrogens is 5. The number of carbonyl (C=O) groups is 4. The van der Waals surface area contributed by atoms with E-state index in [-0.39, 0.29) is 105 Å². The van der Waals surface area contributed by atoms with Crippen LogP contribution >= 0.6 is 22.7 Å². The number of hydrogen-bond donors (Lipinski definition) is 8. The highest BCUT2D eigenvalue weighted by Gasteiger charge is 2.35. The van der Waals surface area contributed by atoms with Crippen LogP contribution in [0.15, 0.2) is 109 Å². The van der Waals surface area contributed by atoms with E-state index in [0.29, 0.717) is 112 Å². The fraction of sp³-hybridized carbons (Fsp3) is 0.391. The van der Waals surface area contributed by atoms with Gasteiger partial charge in [0.1, 0.15) is 56.0 Å². The van der Waals surface area contributed by atoms with Gasteiger partial charge in [0.05, 0.1) is 103 Å². The number of rotatable bonds is 33. The number of nitrogens with zero attached hydrogens (tertiary/aromatic N) is 14. The van der Waals surface area contributed by atoms with Gasteiger partial charge in [0, 0.05) is 77.6 Å². The molecule has 5 heterocycles. The first-order valence-corrected chi connectivity index (χ1v) is 36.6. The molecule has 0 radical (unpaired) electrons. The lowest BCUT2D eigenvalue weighted by molar-refractivity contribution is -0.126. The van der Waals surface area contributed by atoms with Crippen LogP contribution in [0.3, 0.4) is 0 Å². The lowest BCUT2D eigenvalue weighted by Gasteiger charge is -2.28. The van der Waals surface area contributed by atoms with Gasteiger partial charge in [-0.05, 0) is 84.0 Å². The zero-order valence-electron chi connectivity index (χ0n) is 57.0. The average Bonchev–Trinajstić information content (AvgIpc) is 0.866. The Morgan fingerprint density at radius 3 is 1.50 bits per heavy atom. The second-order valence-electron chi connectivity index (χ2n) is 22.4. The standard InChI is InChI=1S/C64H78N18O16S4/c1-9-78(10-2)47-34-43(45(36-49(47)95-7)74-76-63-69-56(80-23-29-97-30-24-80)51(99-63)33-40(38(5)85)58(87)65-41-17-13-15-19-52(41)101(89,90)91)67-60-71-61(73-62(72-60)82(21-27-83)22-28-84)68-44-35-48(79(11-3)12-4)50(96-8)37-46(44)75-77-64-70-57(81-25-31-98-32-26-81)55(100-64)54(39(6)86)59(88)66-42-18-14-16-20-53(42)102(92,93)94/h13-20,33-37,54,83-84H,9-12,21-32H2,1-8H3,(H,65,87)(H,66,88)(H,89,90,91)(H,92,93,94)(H2,67,68,71,72,73)/b40-33+,76-74+,77-75+. The van der Waals surface area contributed by atoms with E-state index in [0.717, 1.165) is 34.8 Å². The largest absolute Gasteiger partial charge is 0.494 e. The molecule has 9 rings (SSSR count). The van der Waals surface area contributed by atoms with Crippen molar-refractivity contribution in [1.29, 1.82) is 0 Å². The molecule has 0 bridgehead atoms. The summed E-state index contributed by atoms with van der Waals surface area (Å²) in [5, 5.41) is 51.0. The van der Waals surface area contributed by atoms with Gasteiger partial charge in [-0.2, -0.15) is 41.8 Å². The summed E-state index contributed by atoms with van der Waals surface area (Å²) < 4.78 is 92.3. The Balaban J connectivity index is 1.15. The first-order chi connectivity index (χ1) is 48.9. The fourth-order valence-corrected chi connectivity index (χ4v) is 14.2. The minimum Gasteiger partial charge on any atom is -0.494 e. The number of aliphatic hydroxyl groups is 2. The van der Waals surface area contributed by atoms with Gasteiger partial charge < -0.3 is 74.9 Å². The number of carbonyl (C=O) groups excluding carboxylic acids is 4. The smallest absolute Gasteiger partial charge is 0.296 e. The molecule has 3 aromatic heterocycles. The molecule has 1 atom stereocenters. The molecular weight excluding hydrogens is 1410 g/mol. The summed E-state index contributed by atoms with van der Waals surface area (Å²) in [6, 6.07) is 17.2. The van der Waals surface area contributed by atoms with Crippen LogP contribution in [0.25, 0.3) is 6.08 Å². The number of thiazole rings is 2. The second-order valence-corrected chi connectivity index (χ2v) is 27.2. The molecule has 102 heavy (non-hydrogen) atoms. The minimum absolute atomic E-state index is 0.00355. The summed E-state index contributed by atoms with van der Waals surface area (Å²) in [5.74, 6) is -3.50. The first kappa shape index (κ1) is 76.4. The van der Waals surface area contributed by atoms with E-state index in [1.165, 1.54) is 75.4 Å². The number of ether oxygens (including phenoxy) is 4. The minimum atomic E-state index is -4.80. The molecule has 1 unspecified atom stereocenters. The van der Waals surface area contributed by atoms with Crippen LogP contribution in [0.5, 0.6) is 11.5 Å². The van der Waals surface area contributed by atoms with Gasteiger partial charge in [0.15, 0.2) is 5.78 Å². The Labute approximate surface area is 596 Å². The number of amides is 2. The molecule has 544 valence electrons. The molecule has 2 aliphatic heterocycles. The van der Waals surface area contributed by atoms with Crippen LogP contribution in [0.1, 0.15) is 57.2 Å². The van der Waals surface area contributed by atoms with Gasteiger partial charge in [-0.25, -0.2) is 0 Å². The SMILES string of the molecule is CCN(CC)c1cc(Nc2nc(Nc3cc(N(CC)CC)c(OC)cc3/N=N/c3nc(N4CCOCC4)c(C(C(C)=O)C(=O)Nc4ccccc4S(=O)(=O)O)s3)nc(N(CCO)CCO)n2)c(/N=N/c2nc(N3CCOCC3)c(/C=C(\C(C)=O)C(=O)Nc3ccccc3S(=O)(=O)O)s2)cc1OC. The summed E-state index contributed by atoms with van der Waals surface area (Å²) in [5.41, 5.74) is 1.23. The monoisotopic (exact) mass is 1480 g/mol. The third-order valence-electron chi connectivity index (χ3n) is 16.0. The molecule has 38 heteroatoms. The third kappa shape index (κ3) is 18.7. The number of hydrogen-bond acceptors (Lipinski definition) is 32. The predicted octanol–water partition coefficient (Wildman–Crippen LogP) is 8.69. The number of anilines is 11. The van der Waals surface area contributed by atoms with Gasteiger partial charge >= 0.3 is 0 Å². The van der Waals surface area contributed by atoms with Gasteiger partial charge in [-0.3, -0.25) is 28.3 Å². The Morgan fingerprint density at radius 2 is 1.06 bits per heavy atom. The molecular formula is C64H78N18O16S4. The molecule has 0 spiro atoms. The van der Waals surface area contributed by atoms with Gasteiger partial charge in [0.2, 0.25) is 34.0 Å². The number of aliphatic hydroxyl groups excluding tert-OH is 2. The van der Waals surface area contributed by atoms with E-state index in [1.54, 1.807) is 24.3 Å². The molecule has 8 N–H and O–H groups in total. The highest BCUT2D eigenvalue weighted by molar-refractivity contribution is 7.86. The highest BCUT2D eigenvalue weighted by atomic mass is 32.2. The van der Waals surface area contributed by atoms with Crippen molar-refractivity contribution in [2.75, 3.05) is 165 Å². The number of azo groups is 2. The van der Waals surface area contributed by atoms with Crippen molar-refractivity contribution in [2.24, 2.45) is 20.5 Å². The zero-order valence-corrected chi connectivity index (χ0v) is 60.2. The van der Waals surface area contributed by atoms with Gasteiger partial charge in [0.25, 0.3) is 26.1 Å². The number of ketones is 2. The second kappa shape index (κ2) is 34.7. The number of para-hydroxylation sites is 2. The number of nitrogens with one attached hydrogen (secondary N) is 4. The van der Waals surface area contributed by atoms with Crippen molar-refractivity contribution in [3.63, 3.8) is 0 Å². The van der Waals surface area contributed by atoms with E-state index in [1.807, 2.05) is 47.3 Å². The fourth-order valence-electron chi connectivity index (χ4n) is 11.0. The van der Waals surface area contributed by atoms with E-state index < -0.39 is 59.3 Å². The van der Waals surface area contributed by atoms with Gasteiger partial charge in [-0.15, -0.1) is 20.5 Å². The summed E-state index contributed by atoms with van der Waals surface area (Å²) in [6.45, 7) is 14.3. The molecule has 2 saturated heterocycles. The van der Waals surface area contributed by atoms with Crippen molar-refractivity contribution in [2.45, 2.75) is 57.3 Å². The van der Waals surface area contributed by atoms with Crippen LogP contribution < -0.4 is 55.2 Å². The Hall–Kier alpha value is -9.77. The number of Topliss-reactive ketones (excluding diaryl/α,β-unsaturated/α-hetero) is 2. The number of benzene rings is 4. The highest BCUT2D eigenvalue weighted by Crippen LogP contribution is 2.45. The van der Waals surface area contributed by atoms with E-state index in [2.05, 4.69) is 31.5 Å². The van der Waals surface area contributed by atoms with Crippen molar-refractivity contribution in [1.82, 2.24) is 24.9 Å². The van der Waals surface area contributed by atoms with Crippen LogP contribution in [-0.4, -0.2) is 204 Å². The Kier molecular flexibility index (Phi) is 26.0. The maximum Gasteiger partial charge on any atom is 0.296 e. The van der Waals surface area contributed by atoms with Crippen LogP contribution in [-0.2, 0) is 48.9 Å². The molecule has 7 aromatic rings. The average molecular weight is 1480 g/mol. The quantitative estimate of drug-likeness (QED) is 0.00626. The topological polar surface area (TPSA) is 433 Å². The molecule has 0 aliphatic carbocycles. The van der Waals surface area contributed by atoms with Crippen LogP contribution in [0.2, 0.25) is 0 Å². The number of methoxy groups -OCH3 is 2. The van der Waals surface area contributed by atoms with Crippen LogP contribution in [0.4, 0.5) is 85.2 Å². The number of morpholine rings is 2. The van der Waals surface area contributed by atoms with E-state index in [9.17, 15) is 55.3 Å². The summed E-state index contributed by atoms with van der Waals surface area (Å²) in [6.07, 6.45) is 1.32. The predicted molar refractivity (Wildman–Crippen MR) is 386 cm³/mol. The molecule has 2 amide bonds.